The number of alkyl halides is 3. The first-order chi connectivity index (χ1) is 13.8. The van der Waals surface area contributed by atoms with E-state index < -0.39 is 12.8 Å². The second kappa shape index (κ2) is 12.6. The number of aliphatic imine (C=N–C) groups is 1. The molecule has 0 aromatic heterocycles. The summed E-state index contributed by atoms with van der Waals surface area (Å²) in [7, 11) is 3.33. The standard InChI is InChI=1S/C21H26F3N3O2.HI/c1-15-4-9-18(19(10-15)28-3)12-27-20(25-2)26-11-16-5-7-17(8-6-16)13-29-14-21(22,23)24;/h4-10H,11-14H2,1-3H3,(H2,25,26,27);1H. The van der Waals surface area contributed by atoms with Crippen LogP contribution in [-0.2, 0) is 24.4 Å². The van der Waals surface area contributed by atoms with Crippen LogP contribution in [0.5, 0.6) is 5.75 Å². The summed E-state index contributed by atoms with van der Waals surface area (Å²) >= 11 is 0. The zero-order valence-electron chi connectivity index (χ0n) is 17.2. The number of hydrogen-bond donors (Lipinski definition) is 2. The first kappa shape index (κ1) is 26.0. The molecule has 0 aliphatic carbocycles. The molecule has 0 amide bonds. The molecule has 0 spiro atoms. The normalized spacial score (nSPS) is 11.6. The van der Waals surface area contributed by atoms with Crippen molar-refractivity contribution in [3.05, 3.63) is 64.7 Å². The highest BCUT2D eigenvalue weighted by Crippen LogP contribution is 2.19. The number of benzene rings is 2. The maximum atomic E-state index is 12.1. The molecule has 166 valence electrons. The van der Waals surface area contributed by atoms with Crippen molar-refractivity contribution in [2.75, 3.05) is 20.8 Å². The fourth-order valence-electron chi connectivity index (χ4n) is 2.62. The van der Waals surface area contributed by atoms with E-state index in [0.717, 1.165) is 22.4 Å². The predicted octanol–water partition coefficient (Wildman–Crippen LogP) is 4.57. The number of halogens is 4. The van der Waals surface area contributed by atoms with E-state index in [1.54, 1.807) is 26.3 Å². The molecule has 9 heteroatoms. The lowest BCUT2D eigenvalue weighted by molar-refractivity contribution is -0.176. The SMILES string of the molecule is CN=C(NCc1ccc(COCC(F)(F)F)cc1)NCc1ccc(C)cc1OC.I. The molecule has 0 saturated carbocycles. The summed E-state index contributed by atoms with van der Waals surface area (Å²) in [6.07, 6.45) is -4.31. The van der Waals surface area contributed by atoms with Gasteiger partial charge < -0.3 is 20.1 Å². The third-order valence-electron chi connectivity index (χ3n) is 4.13. The minimum atomic E-state index is -4.31. The lowest BCUT2D eigenvalue weighted by Crippen LogP contribution is -2.36. The van der Waals surface area contributed by atoms with Crippen molar-refractivity contribution in [1.29, 1.82) is 0 Å². The van der Waals surface area contributed by atoms with Crippen LogP contribution in [0.15, 0.2) is 47.5 Å². The maximum Gasteiger partial charge on any atom is 0.411 e. The molecule has 0 radical (unpaired) electrons. The van der Waals surface area contributed by atoms with Gasteiger partial charge in [-0.15, -0.1) is 24.0 Å². The summed E-state index contributed by atoms with van der Waals surface area (Å²) in [6.45, 7) is 1.76. The highest BCUT2D eigenvalue weighted by Gasteiger charge is 2.27. The Labute approximate surface area is 192 Å². The van der Waals surface area contributed by atoms with Crippen LogP contribution in [-0.4, -0.2) is 32.9 Å². The summed E-state index contributed by atoms with van der Waals surface area (Å²) in [5.41, 5.74) is 3.80. The second-order valence-corrected chi connectivity index (χ2v) is 6.52. The Morgan fingerprint density at radius 1 is 1.00 bits per heavy atom. The molecule has 2 N–H and O–H groups in total. The smallest absolute Gasteiger partial charge is 0.411 e. The number of rotatable bonds is 8. The van der Waals surface area contributed by atoms with E-state index in [4.69, 9.17) is 4.74 Å². The first-order valence-electron chi connectivity index (χ1n) is 9.11. The highest BCUT2D eigenvalue weighted by atomic mass is 127. The van der Waals surface area contributed by atoms with Crippen molar-refractivity contribution in [3.63, 3.8) is 0 Å². The molecule has 0 atom stereocenters. The summed E-state index contributed by atoms with van der Waals surface area (Å²) in [5.74, 6) is 1.45. The van der Waals surface area contributed by atoms with Crippen LogP contribution in [0.1, 0.15) is 22.3 Å². The van der Waals surface area contributed by atoms with Crippen LogP contribution in [0.2, 0.25) is 0 Å². The molecule has 30 heavy (non-hydrogen) atoms. The molecule has 0 fully saturated rings. The van der Waals surface area contributed by atoms with Gasteiger partial charge >= 0.3 is 6.18 Å². The molecule has 0 unspecified atom stereocenters. The minimum absolute atomic E-state index is 0. The Hall–Kier alpha value is -2.01. The van der Waals surface area contributed by atoms with E-state index in [1.807, 2.05) is 37.3 Å². The first-order valence-corrected chi connectivity index (χ1v) is 9.11. The van der Waals surface area contributed by atoms with Gasteiger partial charge in [0, 0.05) is 25.7 Å². The molecule has 2 aromatic rings. The average molecular weight is 537 g/mol. The van der Waals surface area contributed by atoms with Gasteiger partial charge in [0.1, 0.15) is 12.4 Å². The van der Waals surface area contributed by atoms with Crippen molar-refractivity contribution >= 4 is 29.9 Å². The Balaban J connectivity index is 0.00000450. The van der Waals surface area contributed by atoms with Crippen molar-refractivity contribution < 1.29 is 22.6 Å². The Morgan fingerprint density at radius 2 is 1.63 bits per heavy atom. The van der Waals surface area contributed by atoms with Gasteiger partial charge in [0.15, 0.2) is 5.96 Å². The Bertz CT molecular complexity index is 812. The quantitative estimate of drug-likeness (QED) is 0.295. The van der Waals surface area contributed by atoms with Gasteiger partial charge in [-0.2, -0.15) is 13.2 Å². The summed E-state index contributed by atoms with van der Waals surface area (Å²) in [6, 6.07) is 13.2. The van der Waals surface area contributed by atoms with Gasteiger partial charge in [0.05, 0.1) is 13.7 Å². The van der Waals surface area contributed by atoms with E-state index in [2.05, 4.69) is 20.4 Å². The van der Waals surface area contributed by atoms with E-state index >= 15 is 0 Å². The van der Waals surface area contributed by atoms with Gasteiger partial charge in [0.2, 0.25) is 0 Å². The topological polar surface area (TPSA) is 54.9 Å². The number of hydrogen-bond acceptors (Lipinski definition) is 3. The number of aryl methyl sites for hydroxylation is 1. The molecule has 0 aliphatic heterocycles. The van der Waals surface area contributed by atoms with Crippen molar-refractivity contribution in [3.8, 4) is 5.75 Å². The molecule has 2 aromatic carbocycles. The van der Waals surface area contributed by atoms with E-state index in [9.17, 15) is 13.2 Å². The number of ether oxygens (including phenoxy) is 2. The summed E-state index contributed by atoms with van der Waals surface area (Å²) in [5, 5.41) is 6.44. The lowest BCUT2D eigenvalue weighted by Gasteiger charge is -2.14. The second-order valence-electron chi connectivity index (χ2n) is 6.52. The summed E-state index contributed by atoms with van der Waals surface area (Å²) in [4.78, 5) is 4.20. The van der Waals surface area contributed by atoms with Crippen LogP contribution in [0.25, 0.3) is 0 Å². The van der Waals surface area contributed by atoms with Gasteiger partial charge in [-0.25, -0.2) is 0 Å². The molecule has 0 bridgehead atoms. The van der Waals surface area contributed by atoms with Gasteiger partial charge in [0.25, 0.3) is 0 Å². The number of nitrogens with zero attached hydrogens (tertiary/aromatic N) is 1. The molecule has 2 rings (SSSR count). The zero-order chi connectivity index (χ0) is 21.3. The number of nitrogens with one attached hydrogen (secondary N) is 2. The molecule has 0 saturated heterocycles. The summed E-state index contributed by atoms with van der Waals surface area (Å²) < 4.78 is 46.4. The maximum absolute atomic E-state index is 12.1. The van der Waals surface area contributed by atoms with Crippen molar-refractivity contribution in [2.45, 2.75) is 32.8 Å². The fraction of sp³-hybridized carbons (Fsp3) is 0.381. The lowest BCUT2D eigenvalue weighted by atomic mass is 10.1. The Kier molecular flexibility index (Phi) is 11.0. The third-order valence-corrected chi connectivity index (χ3v) is 4.13. The molecular formula is C21H27F3IN3O2. The highest BCUT2D eigenvalue weighted by molar-refractivity contribution is 14.0. The van der Waals surface area contributed by atoms with Crippen molar-refractivity contribution in [1.82, 2.24) is 10.6 Å². The van der Waals surface area contributed by atoms with E-state index in [1.165, 1.54) is 0 Å². The van der Waals surface area contributed by atoms with Crippen LogP contribution in [0, 0.1) is 6.92 Å². The fourth-order valence-corrected chi connectivity index (χ4v) is 2.62. The largest absolute Gasteiger partial charge is 0.496 e. The third kappa shape index (κ3) is 9.21. The van der Waals surface area contributed by atoms with Crippen molar-refractivity contribution in [2.24, 2.45) is 4.99 Å². The zero-order valence-corrected chi connectivity index (χ0v) is 19.5. The monoisotopic (exact) mass is 537 g/mol. The molecule has 0 aliphatic rings. The van der Waals surface area contributed by atoms with Crippen LogP contribution in [0.4, 0.5) is 13.2 Å². The van der Waals surface area contributed by atoms with Crippen LogP contribution in [0.3, 0.4) is 0 Å². The number of guanidine groups is 1. The van der Waals surface area contributed by atoms with Crippen LogP contribution < -0.4 is 15.4 Å². The number of methoxy groups -OCH3 is 1. The van der Waals surface area contributed by atoms with E-state index in [0.29, 0.717) is 24.6 Å². The Morgan fingerprint density at radius 3 is 2.23 bits per heavy atom. The van der Waals surface area contributed by atoms with E-state index in [-0.39, 0.29) is 30.6 Å². The van der Waals surface area contributed by atoms with Gasteiger partial charge in [-0.3, -0.25) is 4.99 Å². The minimum Gasteiger partial charge on any atom is -0.496 e. The molecular weight excluding hydrogens is 510 g/mol. The molecule has 0 heterocycles. The van der Waals surface area contributed by atoms with Gasteiger partial charge in [-0.1, -0.05) is 36.4 Å². The predicted molar refractivity (Wildman–Crippen MR) is 122 cm³/mol. The molecule has 5 nitrogen and oxygen atoms in total. The average Bonchev–Trinajstić information content (AvgIpc) is 2.69. The van der Waals surface area contributed by atoms with Crippen LogP contribution >= 0.6 is 24.0 Å². The van der Waals surface area contributed by atoms with Gasteiger partial charge in [-0.05, 0) is 29.7 Å².